The van der Waals surface area contributed by atoms with Crippen molar-refractivity contribution in [3.05, 3.63) is 41.7 Å². The van der Waals surface area contributed by atoms with Crippen molar-refractivity contribution < 1.29 is 4.39 Å². The highest BCUT2D eigenvalue weighted by atomic mass is 127. The molecule has 1 aliphatic rings. The zero-order valence-electron chi connectivity index (χ0n) is 16.2. The molecule has 0 aliphatic carbocycles. The van der Waals surface area contributed by atoms with Crippen LogP contribution in [0.5, 0.6) is 0 Å². The van der Waals surface area contributed by atoms with Gasteiger partial charge in [-0.2, -0.15) is 0 Å². The molecule has 2 heterocycles. The number of aryl methyl sites for hydroxylation is 1. The number of hydrogen-bond acceptors (Lipinski definition) is 4. The molecule has 0 spiro atoms. The molecule has 6 nitrogen and oxygen atoms in total. The Hall–Kier alpha value is -1.36. The topological polar surface area (TPSA) is 67.1 Å². The Labute approximate surface area is 187 Å². The Morgan fingerprint density at radius 3 is 2.79 bits per heavy atom. The van der Waals surface area contributed by atoms with Crippen molar-refractivity contribution in [3.8, 4) is 0 Å². The molecule has 2 N–H and O–H groups in total. The van der Waals surface area contributed by atoms with Gasteiger partial charge in [-0.05, 0) is 49.3 Å². The first kappa shape index (κ1) is 22.9. The van der Waals surface area contributed by atoms with Crippen molar-refractivity contribution in [3.63, 3.8) is 0 Å². The van der Waals surface area contributed by atoms with Crippen molar-refractivity contribution in [2.75, 3.05) is 19.3 Å². The van der Waals surface area contributed by atoms with Crippen LogP contribution in [0.1, 0.15) is 37.3 Å². The minimum atomic E-state index is -0.194. The van der Waals surface area contributed by atoms with Crippen LogP contribution in [0.4, 0.5) is 4.39 Å². The van der Waals surface area contributed by atoms with Gasteiger partial charge >= 0.3 is 0 Å². The summed E-state index contributed by atoms with van der Waals surface area (Å²) in [6, 6.07) is 6.62. The summed E-state index contributed by atoms with van der Waals surface area (Å²) >= 11 is 1.73. The van der Waals surface area contributed by atoms with Crippen LogP contribution in [0, 0.1) is 5.82 Å². The number of aromatic nitrogens is 3. The summed E-state index contributed by atoms with van der Waals surface area (Å²) in [5.74, 6) is 3.62. The Morgan fingerprint density at radius 1 is 1.18 bits per heavy atom. The molecule has 1 aromatic carbocycles. The number of fused-ring (bicyclic) bond motifs is 1. The number of nitrogens with one attached hydrogen (secondary N) is 2. The van der Waals surface area contributed by atoms with Gasteiger partial charge in [0.15, 0.2) is 11.8 Å². The van der Waals surface area contributed by atoms with Gasteiger partial charge in [-0.1, -0.05) is 6.42 Å². The van der Waals surface area contributed by atoms with Gasteiger partial charge in [0.1, 0.15) is 11.6 Å². The van der Waals surface area contributed by atoms with E-state index in [1.807, 2.05) is 12.1 Å². The van der Waals surface area contributed by atoms with Crippen LogP contribution >= 0.6 is 35.7 Å². The van der Waals surface area contributed by atoms with Crippen LogP contribution in [-0.4, -0.2) is 40.1 Å². The number of guanidine groups is 1. The maximum atomic E-state index is 12.9. The first-order valence-electron chi connectivity index (χ1n) is 9.50. The third kappa shape index (κ3) is 6.91. The summed E-state index contributed by atoms with van der Waals surface area (Å²) < 4.78 is 15.1. The number of aliphatic imine (C=N–C) groups is 1. The summed E-state index contributed by atoms with van der Waals surface area (Å²) in [6.45, 7) is 2.45. The smallest absolute Gasteiger partial charge is 0.191 e. The lowest BCUT2D eigenvalue weighted by atomic mass is 10.2. The average molecular weight is 518 g/mol. The van der Waals surface area contributed by atoms with Crippen molar-refractivity contribution in [1.29, 1.82) is 0 Å². The van der Waals surface area contributed by atoms with Crippen molar-refractivity contribution in [1.82, 2.24) is 25.4 Å². The maximum Gasteiger partial charge on any atom is 0.191 e. The van der Waals surface area contributed by atoms with E-state index >= 15 is 0 Å². The molecule has 154 valence electrons. The molecule has 0 saturated heterocycles. The predicted octanol–water partition coefficient (Wildman–Crippen LogP) is 3.61. The second-order valence-corrected chi connectivity index (χ2v) is 7.67. The van der Waals surface area contributed by atoms with Crippen LogP contribution in [0.15, 0.2) is 34.2 Å². The Morgan fingerprint density at radius 2 is 2.00 bits per heavy atom. The van der Waals surface area contributed by atoms with Gasteiger partial charge in [0.2, 0.25) is 0 Å². The molecule has 2 aromatic rings. The highest BCUT2D eigenvalue weighted by molar-refractivity contribution is 14.0. The summed E-state index contributed by atoms with van der Waals surface area (Å²) in [7, 11) is 1.77. The van der Waals surface area contributed by atoms with E-state index in [1.54, 1.807) is 18.8 Å². The summed E-state index contributed by atoms with van der Waals surface area (Å²) in [5, 5.41) is 15.3. The molecule has 0 amide bonds. The van der Waals surface area contributed by atoms with Gasteiger partial charge in [0.05, 0.1) is 6.54 Å². The molecule has 0 atom stereocenters. The van der Waals surface area contributed by atoms with E-state index in [9.17, 15) is 4.39 Å². The molecule has 3 rings (SSSR count). The number of nitrogens with zero attached hydrogens (tertiary/aromatic N) is 4. The van der Waals surface area contributed by atoms with Crippen LogP contribution < -0.4 is 10.6 Å². The number of benzene rings is 1. The normalized spacial score (nSPS) is 14.0. The quantitative estimate of drug-likeness (QED) is 0.193. The van der Waals surface area contributed by atoms with Crippen LogP contribution in [-0.2, 0) is 19.5 Å². The Kier molecular flexibility index (Phi) is 10.0. The third-order valence-electron chi connectivity index (χ3n) is 4.52. The van der Waals surface area contributed by atoms with Gasteiger partial charge in [-0.3, -0.25) is 4.99 Å². The molecular weight excluding hydrogens is 490 g/mol. The second-order valence-electron chi connectivity index (χ2n) is 6.50. The van der Waals surface area contributed by atoms with Crippen LogP contribution in [0.25, 0.3) is 0 Å². The molecular formula is C19H28FIN6S. The lowest BCUT2D eigenvalue weighted by molar-refractivity contribution is 0.596. The largest absolute Gasteiger partial charge is 0.356 e. The fourth-order valence-electron chi connectivity index (χ4n) is 3.06. The summed E-state index contributed by atoms with van der Waals surface area (Å²) in [5.41, 5.74) is 0. The molecule has 0 fully saturated rings. The number of hydrogen-bond donors (Lipinski definition) is 2. The fourth-order valence-corrected chi connectivity index (χ4v) is 3.91. The molecule has 0 unspecified atom stereocenters. The molecule has 0 saturated carbocycles. The predicted molar refractivity (Wildman–Crippen MR) is 123 cm³/mol. The van der Waals surface area contributed by atoms with E-state index in [1.165, 1.54) is 31.4 Å². The van der Waals surface area contributed by atoms with Gasteiger partial charge in [-0.25, -0.2) is 4.39 Å². The summed E-state index contributed by atoms with van der Waals surface area (Å²) in [4.78, 5) is 5.36. The van der Waals surface area contributed by atoms with E-state index in [4.69, 9.17) is 0 Å². The molecule has 9 heteroatoms. The van der Waals surface area contributed by atoms with Crippen molar-refractivity contribution in [2.24, 2.45) is 4.99 Å². The molecule has 0 bridgehead atoms. The van der Waals surface area contributed by atoms with Crippen LogP contribution in [0.3, 0.4) is 0 Å². The maximum absolute atomic E-state index is 12.9. The van der Waals surface area contributed by atoms with E-state index in [2.05, 4.69) is 30.4 Å². The fraction of sp³-hybridized carbons (Fsp3) is 0.526. The van der Waals surface area contributed by atoms with Gasteiger partial charge < -0.3 is 15.2 Å². The van der Waals surface area contributed by atoms with Crippen molar-refractivity contribution >= 4 is 41.7 Å². The number of thioether (sulfide) groups is 1. The second kappa shape index (κ2) is 12.3. The van der Waals surface area contributed by atoms with E-state index < -0.39 is 0 Å². The third-order valence-corrected chi connectivity index (χ3v) is 5.62. The lowest BCUT2D eigenvalue weighted by Crippen LogP contribution is -2.38. The molecule has 28 heavy (non-hydrogen) atoms. The van der Waals surface area contributed by atoms with Gasteiger partial charge in [-0.15, -0.1) is 45.9 Å². The molecule has 1 aliphatic heterocycles. The first-order chi connectivity index (χ1) is 13.3. The lowest BCUT2D eigenvalue weighted by Gasteiger charge is -2.12. The first-order valence-corrected chi connectivity index (χ1v) is 10.5. The van der Waals surface area contributed by atoms with Crippen molar-refractivity contribution in [2.45, 2.75) is 50.1 Å². The minimum Gasteiger partial charge on any atom is -0.356 e. The highest BCUT2D eigenvalue weighted by Gasteiger charge is 2.14. The number of rotatable bonds is 7. The van der Waals surface area contributed by atoms with E-state index in [0.717, 1.165) is 54.2 Å². The standard InChI is InChI=1S/C19H27FN6S.HI/c1-21-19(22-11-5-13-27-16-9-7-15(20)8-10-16)23-14-18-25-24-17-6-3-2-4-12-26(17)18;/h7-10H,2-6,11-14H2,1H3,(H2,21,22,23);1H. The van der Waals surface area contributed by atoms with Gasteiger partial charge in [0.25, 0.3) is 0 Å². The Bertz CT molecular complexity index is 749. The monoisotopic (exact) mass is 518 g/mol. The summed E-state index contributed by atoms with van der Waals surface area (Å²) in [6.07, 6.45) is 5.66. The molecule has 0 radical (unpaired) electrons. The number of halogens is 2. The van der Waals surface area contributed by atoms with E-state index in [-0.39, 0.29) is 29.8 Å². The Balaban J connectivity index is 0.00000280. The molecule has 1 aromatic heterocycles. The SMILES string of the molecule is CN=C(NCCCSc1ccc(F)cc1)NCc1nnc2n1CCCCC2.I. The van der Waals surface area contributed by atoms with E-state index in [0.29, 0.717) is 6.54 Å². The average Bonchev–Trinajstić information content (AvgIpc) is 2.91. The zero-order valence-corrected chi connectivity index (χ0v) is 19.3. The highest BCUT2D eigenvalue weighted by Crippen LogP contribution is 2.18. The van der Waals surface area contributed by atoms with Crippen LogP contribution in [0.2, 0.25) is 0 Å². The zero-order chi connectivity index (χ0) is 18.9. The van der Waals surface area contributed by atoms with Gasteiger partial charge in [0, 0.05) is 31.5 Å². The minimum absolute atomic E-state index is 0.